The Hall–Kier alpha value is -2.27. The van der Waals surface area contributed by atoms with Gasteiger partial charge in [-0.15, -0.1) is 0 Å². The van der Waals surface area contributed by atoms with E-state index >= 15 is 0 Å². The van der Waals surface area contributed by atoms with Gasteiger partial charge < -0.3 is 9.84 Å². The van der Waals surface area contributed by atoms with Gasteiger partial charge in [0.15, 0.2) is 0 Å². The highest BCUT2D eigenvalue weighted by atomic mass is 19.4. The molecule has 1 saturated heterocycles. The molecule has 2 rings (SSSR count). The Morgan fingerprint density at radius 3 is 2.59 bits per heavy atom. The van der Waals surface area contributed by atoms with Crippen molar-refractivity contribution in [2.45, 2.75) is 32.2 Å². The molecule has 1 aliphatic rings. The molecule has 0 spiro atoms. The highest BCUT2D eigenvalue weighted by Gasteiger charge is 2.43. The molecular formula is C14H13F3N2O3. The van der Waals surface area contributed by atoms with E-state index in [4.69, 9.17) is 10.00 Å². The van der Waals surface area contributed by atoms with Gasteiger partial charge in [-0.2, -0.15) is 18.4 Å². The largest absolute Gasteiger partial charge is 0.444 e. The summed E-state index contributed by atoms with van der Waals surface area (Å²) in [5.41, 5.74) is -1.89. The number of aliphatic hydroxyl groups excluding tert-OH is 1. The molecule has 0 aliphatic carbocycles. The molecule has 2 atom stereocenters. The lowest BCUT2D eigenvalue weighted by molar-refractivity contribution is -0.138. The van der Waals surface area contributed by atoms with Crippen molar-refractivity contribution in [3.05, 3.63) is 28.8 Å². The SMILES string of the molecule is Cc1c(N2C(=O)OC(C)C2CO)ccc(C#N)c1C(F)(F)F. The number of hydrogen-bond acceptors (Lipinski definition) is 4. The van der Waals surface area contributed by atoms with Gasteiger partial charge in [0, 0.05) is 0 Å². The zero-order valence-electron chi connectivity index (χ0n) is 11.8. The summed E-state index contributed by atoms with van der Waals surface area (Å²) >= 11 is 0. The first-order valence-corrected chi connectivity index (χ1v) is 6.44. The van der Waals surface area contributed by atoms with Gasteiger partial charge in [0.25, 0.3) is 0 Å². The second kappa shape index (κ2) is 5.50. The zero-order valence-corrected chi connectivity index (χ0v) is 11.8. The number of amides is 1. The van der Waals surface area contributed by atoms with Gasteiger partial charge in [-0.1, -0.05) is 0 Å². The molecule has 118 valence electrons. The summed E-state index contributed by atoms with van der Waals surface area (Å²) in [5.74, 6) is 0. The van der Waals surface area contributed by atoms with Crippen molar-refractivity contribution in [1.29, 1.82) is 5.26 Å². The first-order chi connectivity index (χ1) is 10.2. The molecule has 0 aromatic heterocycles. The number of carbonyl (C=O) groups excluding carboxylic acids is 1. The maximum absolute atomic E-state index is 13.2. The van der Waals surface area contributed by atoms with Crippen LogP contribution in [0.4, 0.5) is 23.7 Å². The summed E-state index contributed by atoms with van der Waals surface area (Å²) < 4.78 is 44.5. The lowest BCUT2D eigenvalue weighted by Gasteiger charge is -2.25. The van der Waals surface area contributed by atoms with Crippen LogP contribution in [0, 0.1) is 18.3 Å². The minimum Gasteiger partial charge on any atom is -0.444 e. The van der Waals surface area contributed by atoms with Crippen LogP contribution in [0.1, 0.15) is 23.6 Å². The van der Waals surface area contributed by atoms with E-state index in [1.54, 1.807) is 6.92 Å². The van der Waals surface area contributed by atoms with Gasteiger partial charge in [-0.25, -0.2) is 4.79 Å². The quantitative estimate of drug-likeness (QED) is 0.910. The normalized spacial score (nSPS) is 21.7. The Labute approximate surface area is 124 Å². The Morgan fingerprint density at radius 2 is 2.09 bits per heavy atom. The van der Waals surface area contributed by atoms with Crippen molar-refractivity contribution in [1.82, 2.24) is 0 Å². The fraction of sp³-hybridized carbons (Fsp3) is 0.429. The fourth-order valence-corrected chi connectivity index (χ4v) is 2.57. The summed E-state index contributed by atoms with van der Waals surface area (Å²) in [5, 5.41) is 18.2. The first-order valence-electron chi connectivity index (χ1n) is 6.44. The molecule has 8 heteroatoms. The summed E-state index contributed by atoms with van der Waals surface area (Å²) in [6.45, 7) is 2.28. The van der Waals surface area contributed by atoms with E-state index in [1.165, 1.54) is 19.1 Å². The van der Waals surface area contributed by atoms with Crippen molar-refractivity contribution in [2.24, 2.45) is 0 Å². The maximum atomic E-state index is 13.2. The number of hydrogen-bond donors (Lipinski definition) is 1. The van der Waals surface area contributed by atoms with Gasteiger partial charge in [-0.05, 0) is 31.5 Å². The minimum atomic E-state index is -4.73. The van der Waals surface area contributed by atoms with E-state index in [1.807, 2.05) is 0 Å². The first kappa shape index (κ1) is 16.1. The molecule has 5 nitrogen and oxygen atoms in total. The third kappa shape index (κ3) is 2.48. The fourth-order valence-electron chi connectivity index (χ4n) is 2.57. The molecule has 1 N–H and O–H groups in total. The molecule has 1 fully saturated rings. The number of aliphatic hydroxyl groups is 1. The van der Waals surface area contributed by atoms with Gasteiger partial charge in [0.05, 0.1) is 29.5 Å². The van der Waals surface area contributed by atoms with E-state index in [0.717, 1.165) is 11.0 Å². The monoisotopic (exact) mass is 314 g/mol. The molecule has 2 unspecified atom stereocenters. The van der Waals surface area contributed by atoms with Gasteiger partial charge in [-0.3, -0.25) is 4.90 Å². The van der Waals surface area contributed by atoms with Crippen molar-refractivity contribution in [2.75, 3.05) is 11.5 Å². The van der Waals surface area contributed by atoms with E-state index in [2.05, 4.69) is 0 Å². The van der Waals surface area contributed by atoms with Crippen molar-refractivity contribution >= 4 is 11.8 Å². The lowest BCUT2D eigenvalue weighted by Crippen LogP contribution is -2.39. The molecule has 0 radical (unpaired) electrons. The van der Waals surface area contributed by atoms with Crippen LogP contribution in [0.15, 0.2) is 12.1 Å². The average Bonchev–Trinajstić information content (AvgIpc) is 2.70. The summed E-state index contributed by atoms with van der Waals surface area (Å²) in [6, 6.07) is 2.99. The minimum absolute atomic E-state index is 0.0280. The van der Waals surface area contributed by atoms with Gasteiger partial charge in [0.1, 0.15) is 12.1 Å². The van der Waals surface area contributed by atoms with Crippen LogP contribution in [0.5, 0.6) is 0 Å². The van der Waals surface area contributed by atoms with Gasteiger partial charge >= 0.3 is 12.3 Å². The van der Waals surface area contributed by atoms with Crippen LogP contribution < -0.4 is 4.90 Å². The third-order valence-corrected chi connectivity index (χ3v) is 3.64. The smallest absolute Gasteiger partial charge is 0.418 e. The van der Waals surface area contributed by atoms with Crippen LogP contribution in [0.25, 0.3) is 0 Å². The molecule has 1 aromatic rings. The van der Waals surface area contributed by atoms with E-state index in [-0.39, 0.29) is 11.3 Å². The van der Waals surface area contributed by atoms with Gasteiger partial charge in [0.2, 0.25) is 0 Å². The van der Waals surface area contributed by atoms with Crippen molar-refractivity contribution in [3.8, 4) is 6.07 Å². The van der Waals surface area contributed by atoms with Crippen LogP contribution in [-0.4, -0.2) is 30.0 Å². The number of benzene rings is 1. The van der Waals surface area contributed by atoms with Crippen LogP contribution in [0.2, 0.25) is 0 Å². The number of halogens is 3. The molecule has 1 aliphatic heterocycles. The highest BCUT2D eigenvalue weighted by molar-refractivity contribution is 5.92. The molecule has 1 amide bonds. The predicted octanol–water partition coefficient (Wildman–Crippen LogP) is 2.59. The molecular weight excluding hydrogens is 301 g/mol. The topological polar surface area (TPSA) is 73.6 Å². The summed E-state index contributed by atoms with van der Waals surface area (Å²) in [7, 11) is 0. The number of cyclic esters (lactones) is 1. The number of anilines is 1. The number of ether oxygens (including phenoxy) is 1. The van der Waals surface area contributed by atoms with E-state index in [9.17, 15) is 23.1 Å². The number of nitrogens with zero attached hydrogens (tertiary/aromatic N) is 2. The maximum Gasteiger partial charge on any atom is 0.418 e. The highest BCUT2D eigenvalue weighted by Crippen LogP contribution is 2.40. The number of nitriles is 1. The van der Waals surface area contributed by atoms with Crippen LogP contribution in [0.3, 0.4) is 0 Å². The summed E-state index contributed by atoms with van der Waals surface area (Å²) in [6.07, 6.45) is -6.20. The van der Waals surface area contributed by atoms with Crippen molar-refractivity contribution < 1.29 is 27.8 Å². The number of rotatable bonds is 2. The average molecular weight is 314 g/mol. The Bertz CT molecular complexity index is 652. The zero-order chi connectivity index (χ0) is 16.7. The molecule has 22 heavy (non-hydrogen) atoms. The van der Waals surface area contributed by atoms with Crippen LogP contribution >= 0.6 is 0 Å². The second-order valence-corrected chi connectivity index (χ2v) is 4.95. The molecule has 1 aromatic carbocycles. The molecule has 0 bridgehead atoms. The Kier molecular flexibility index (Phi) is 4.02. The number of alkyl halides is 3. The van der Waals surface area contributed by atoms with E-state index < -0.39 is 42.1 Å². The van der Waals surface area contributed by atoms with Crippen LogP contribution in [-0.2, 0) is 10.9 Å². The predicted molar refractivity (Wildman–Crippen MR) is 70.2 cm³/mol. The Balaban J connectivity index is 2.63. The molecule has 0 saturated carbocycles. The van der Waals surface area contributed by atoms with Crippen molar-refractivity contribution in [3.63, 3.8) is 0 Å². The molecule has 1 heterocycles. The third-order valence-electron chi connectivity index (χ3n) is 3.64. The summed E-state index contributed by atoms with van der Waals surface area (Å²) in [4.78, 5) is 12.9. The Morgan fingerprint density at radius 1 is 1.45 bits per heavy atom. The van der Waals surface area contributed by atoms with E-state index in [0.29, 0.717) is 0 Å². The standard InChI is InChI=1S/C14H13F3N2O3/c1-7-10(19-11(6-20)8(2)22-13(19)21)4-3-9(5-18)12(7)14(15,16)17/h3-4,8,11,20H,6H2,1-2H3. The number of carbonyl (C=O) groups is 1. The lowest BCUT2D eigenvalue weighted by atomic mass is 9.99. The second-order valence-electron chi connectivity index (χ2n) is 4.95.